The van der Waals surface area contributed by atoms with Gasteiger partial charge in [-0.15, -0.1) is 11.3 Å². The van der Waals surface area contributed by atoms with Crippen molar-refractivity contribution in [2.24, 2.45) is 11.8 Å². The molecule has 3 aliphatic rings. The number of rotatable bonds is 3. The number of amides is 3. The first-order valence-corrected chi connectivity index (χ1v) is 12.1. The van der Waals surface area contributed by atoms with Gasteiger partial charge >= 0.3 is 6.03 Å². The van der Waals surface area contributed by atoms with Crippen LogP contribution in [0.4, 0.5) is 10.5 Å². The molecular weight excluding hydrogens is 424 g/mol. The topological polar surface area (TPSA) is 81.8 Å². The van der Waals surface area contributed by atoms with Crippen LogP contribution in [0, 0.1) is 18.8 Å². The van der Waals surface area contributed by atoms with Gasteiger partial charge in [0.2, 0.25) is 5.91 Å². The SMILES string of the molecule is Cc1ccsc1C1C2C(=O)CCC2C(C(=O)N2CCNCC2)N1C(=O)Nc1ccccc1. The predicted molar refractivity (Wildman–Crippen MR) is 124 cm³/mol. The van der Waals surface area contributed by atoms with Crippen molar-refractivity contribution in [2.75, 3.05) is 31.5 Å². The average Bonchev–Trinajstić information content (AvgIpc) is 3.49. The van der Waals surface area contributed by atoms with Gasteiger partial charge in [0.1, 0.15) is 11.8 Å². The summed E-state index contributed by atoms with van der Waals surface area (Å²) < 4.78 is 0. The van der Waals surface area contributed by atoms with Crippen LogP contribution in [-0.2, 0) is 9.59 Å². The van der Waals surface area contributed by atoms with Crippen molar-refractivity contribution < 1.29 is 14.4 Å². The molecule has 3 heterocycles. The van der Waals surface area contributed by atoms with Crippen molar-refractivity contribution in [3.63, 3.8) is 0 Å². The molecule has 5 rings (SSSR count). The van der Waals surface area contributed by atoms with E-state index in [2.05, 4.69) is 10.6 Å². The number of hydrogen-bond acceptors (Lipinski definition) is 5. The number of ketones is 1. The minimum Gasteiger partial charge on any atom is -0.338 e. The zero-order valence-corrected chi connectivity index (χ0v) is 18.9. The number of likely N-dealkylation sites (tertiary alicyclic amines) is 1. The van der Waals surface area contributed by atoms with Crippen molar-refractivity contribution in [2.45, 2.75) is 31.8 Å². The van der Waals surface area contributed by atoms with Crippen LogP contribution in [0.2, 0.25) is 0 Å². The summed E-state index contributed by atoms with van der Waals surface area (Å²) >= 11 is 1.57. The fourth-order valence-electron chi connectivity index (χ4n) is 5.52. The third kappa shape index (κ3) is 3.61. The molecule has 2 aromatic rings. The Morgan fingerprint density at radius 2 is 1.88 bits per heavy atom. The number of anilines is 1. The van der Waals surface area contributed by atoms with Gasteiger partial charge in [-0.25, -0.2) is 4.79 Å². The fourth-order valence-corrected chi connectivity index (χ4v) is 6.60. The van der Waals surface area contributed by atoms with E-state index in [-0.39, 0.29) is 29.6 Å². The molecule has 3 fully saturated rings. The first-order valence-electron chi connectivity index (χ1n) is 11.3. The molecule has 1 aromatic heterocycles. The highest BCUT2D eigenvalue weighted by Gasteiger charge is 2.60. The van der Waals surface area contributed by atoms with Crippen LogP contribution in [0.3, 0.4) is 0 Å². The molecule has 168 valence electrons. The average molecular weight is 453 g/mol. The molecule has 32 heavy (non-hydrogen) atoms. The molecule has 3 amide bonds. The van der Waals surface area contributed by atoms with Crippen molar-refractivity contribution in [3.8, 4) is 0 Å². The number of hydrogen-bond donors (Lipinski definition) is 2. The first kappa shape index (κ1) is 21.2. The van der Waals surface area contributed by atoms with Crippen molar-refractivity contribution >= 4 is 34.7 Å². The van der Waals surface area contributed by atoms with Crippen LogP contribution >= 0.6 is 11.3 Å². The Morgan fingerprint density at radius 1 is 1.12 bits per heavy atom. The maximum atomic E-state index is 13.8. The van der Waals surface area contributed by atoms with Gasteiger partial charge in [0, 0.05) is 55.0 Å². The second-order valence-corrected chi connectivity index (χ2v) is 9.78. The van der Waals surface area contributed by atoms with E-state index in [1.165, 1.54) is 0 Å². The van der Waals surface area contributed by atoms with Gasteiger partial charge in [-0.2, -0.15) is 0 Å². The van der Waals surface area contributed by atoms with Crippen LogP contribution < -0.4 is 10.6 Å². The molecule has 0 radical (unpaired) electrons. The number of carbonyl (C=O) groups is 3. The number of para-hydroxylation sites is 1. The molecule has 1 aromatic carbocycles. The van der Waals surface area contributed by atoms with Crippen LogP contribution in [0.15, 0.2) is 41.8 Å². The van der Waals surface area contributed by atoms with E-state index >= 15 is 0 Å². The molecule has 1 saturated carbocycles. The Hall–Kier alpha value is -2.71. The third-order valence-corrected chi connectivity index (χ3v) is 8.10. The molecular formula is C24H28N4O3S. The minimum atomic E-state index is -0.625. The molecule has 8 heteroatoms. The maximum Gasteiger partial charge on any atom is 0.323 e. The number of nitrogens with zero attached hydrogens (tertiary/aromatic N) is 2. The van der Waals surface area contributed by atoms with E-state index in [0.29, 0.717) is 31.6 Å². The number of nitrogens with one attached hydrogen (secondary N) is 2. The number of fused-ring (bicyclic) bond motifs is 1. The normalized spacial score (nSPS) is 27.5. The minimum absolute atomic E-state index is 0.0314. The number of carbonyl (C=O) groups excluding carboxylic acids is 3. The standard InChI is InChI=1S/C24H28N4O3S/c1-15-9-14-32-22(15)21-19-17(7-8-18(19)29)20(23(30)27-12-10-25-11-13-27)28(21)24(31)26-16-5-3-2-4-6-16/h2-6,9,14,17,19-21,25H,7-8,10-13H2,1H3,(H,26,31). The molecule has 0 bridgehead atoms. The summed E-state index contributed by atoms with van der Waals surface area (Å²) in [6.07, 6.45) is 1.14. The molecule has 1 aliphatic carbocycles. The molecule has 7 nitrogen and oxygen atoms in total. The van der Waals surface area contributed by atoms with Crippen molar-refractivity contribution in [1.29, 1.82) is 0 Å². The fraction of sp³-hybridized carbons (Fsp3) is 0.458. The van der Waals surface area contributed by atoms with Gasteiger partial charge in [-0.1, -0.05) is 18.2 Å². The highest BCUT2D eigenvalue weighted by atomic mass is 32.1. The summed E-state index contributed by atoms with van der Waals surface area (Å²) in [5.74, 6) is -0.333. The van der Waals surface area contributed by atoms with Crippen molar-refractivity contribution in [3.05, 3.63) is 52.2 Å². The van der Waals surface area contributed by atoms with Gasteiger partial charge in [0.25, 0.3) is 0 Å². The van der Waals surface area contributed by atoms with E-state index in [1.807, 2.05) is 53.6 Å². The van der Waals surface area contributed by atoms with E-state index < -0.39 is 12.1 Å². The summed E-state index contributed by atoms with van der Waals surface area (Å²) in [6.45, 7) is 4.75. The Labute approximate surface area is 191 Å². The van der Waals surface area contributed by atoms with E-state index in [0.717, 1.165) is 23.5 Å². The quantitative estimate of drug-likeness (QED) is 0.750. The summed E-state index contributed by atoms with van der Waals surface area (Å²) in [5, 5.41) is 8.26. The lowest BCUT2D eigenvalue weighted by Crippen LogP contribution is -2.55. The van der Waals surface area contributed by atoms with Gasteiger partial charge in [0.15, 0.2) is 0 Å². The largest absolute Gasteiger partial charge is 0.338 e. The van der Waals surface area contributed by atoms with Gasteiger partial charge in [0.05, 0.1) is 6.04 Å². The molecule has 0 spiro atoms. The van der Waals surface area contributed by atoms with Gasteiger partial charge in [-0.3, -0.25) is 9.59 Å². The van der Waals surface area contributed by atoms with Crippen LogP contribution in [-0.4, -0.2) is 59.7 Å². The maximum absolute atomic E-state index is 13.8. The van der Waals surface area contributed by atoms with E-state index in [4.69, 9.17) is 0 Å². The van der Waals surface area contributed by atoms with E-state index in [1.54, 1.807) is 16.2 Å². The summed E-state index contributed by atoms with van der Waals surface area (Å²) in [4.78, 5) is 45.1. The lowest BCUT2D eigenvalue weighted by Gasteiger charge is -2.36. The monoisotopic (exact) mass is 452 g/mol. The Balaban J connectivity index is 1.56. The third-order valence-electron chi connectivity index (χ3n) is 7.01. The predicted octanol–water partition coefficient (Wildman–Crippen LogP) is 3.04. The summed E-state index contributed by atoms with van der Waals surface area (Å²) in [7, 11) is 0. The second-order valence-electron chi connectivity index (χ2n) is 8.83. The Kier molecular flexibility index (Phi) is 5.73. The first-order chi connectivity index (χ1) is 15.6. The number of thiophene rings is 1. The van der Waals surface area contributed by atoms with Gasteiger partial charge < -0.3 is 20.4 Å². The number of urea groups is 1. The lowest BCUT2D eigenvalue weighted by atomic mass is 9.88. The van der Waals surface area contributed by atoms with Crippen LogP contribution in [0.1, 0.15) is 29.3 Å². The zero-order valence-electron chi connectivity index (χ0n) is 18.1. The van der Waals surface area contributed by atoms with Crippen LogP contribution in [0.25, 0.3) is 0 Å². The lowest BCUT2D eigenvalue weighted by molar-refractivity contribution is -0.137. The molecule has 2 N–H and O–H groups in total. The highest BCUT2D eigenvalue weighted by molar-refractivity contribution is 7.10. The van der Waals surface area contributed by atoms with E-state index in [9.17, 15) is 14.4 Å². The molecule has 2 aliphatic heterocycles. The number of aryl methyl sites for hydroxylation is 1. The second kappa shape index (κ2) is 8.67. The summed E-state index contributed by atoms with van der Waals surface area (Å²) in [5.41, 5.74) is 1.74. The summed E-state index contributed by atoms with van der Waals surface area (Å²) in [6, 6.07) is 9.96. The van der Waals surface area contributed by atoms with Gasteiger partial charge in [-0.05, 0) is 42.5 Å². The number of benzene rings is 1. The Morgan fingerprint density at radius 3 is 2.56 bits per heavy atom. The highest BCUT2D eigenvalue weighted by Crippen LogP contribution is 2.53. The smallest absolute Gasteiger partial charge is 0.323 e. The zero-order chi connectivity index (χ0) is 22.2. The number of Topliss-reactive ketones (excluding diaryl/α,β-unsaturated/α-hetero) is 1. The molecule has 4 atom stereocenters. The molecule has 2 saturated heterocycles. The molecule has 4 unspecified atom stereocenters. The van der Waals surface area contributed by atoms with Crippen LogP contribution in [0.5, 0.6) is 0 Å². The number of piperazine rings is 1. The Bertz CT molecular complexity index is 1020. The van der Waals surface area contributed by atoms with Crippen molar-refractivity contribution in [1.82, 2.24) is 15.1 Å².